The van der Waals surface area contributed by atoms with Gasteiger partial charge >= 0.3 is 0 Å². The Morgan fingerprint density at radius 3 is 2.95 bits per heavy atom. The van der Waals surface area contributed by atoms with Crippen LogP contribution in [0.2, 0.25) is 0 Å². The number of pyridine rings is 1. The first-order chi connectivity index (χ1) is 9.29. The highest BCUT2D eigenvalue weighted by Gasteiger charge is 2.21. The Morgan fingerprint density at radius 1 is 1.26 bits per heavy atom. The minimum atomic E-state index is 0.0383. The molecule has 1 atom stereocenters. The fraction of sp³-hybridized carbons (Fsp3) is 0.267. The second-order valence-corrected chi connectivity index (χ2v) is 4.62. The molecule has 0 fully saturated rings. The van der Waals surface area contributed by atoms with E-state index in [-0.39, 0.29) is 6.04 Å². The number of rotatable bonds is 2. The Hall–Kier alpha value is -2.07. The van der Waals surface area contributed by atoms with Gasteiger partial charge in [-0.25, -0.2) is 4.98 Å². The summed E-state index contributed by atoms with van der Waals surface area (Å²) < 4.78 is 11.0. The zero-order valence-corrected chi connectivity index (χ0v) is 10.8. The summed E-state index contributed by atoms with van der Waals surface area (Å²) in [6.07, 6.45) is 2.53. The highest BCUT2D eigenvalue weighted by Crippen LogP contribution is 2.37. The fourth-order valence-corrected chi connectivity index (χ4v) is 2.44. The molecule has 0 aliphatic carbocycles. The number of hydrogen-bond donors (Lipinski definition) is 1. The summed E-state index contributed by atoms with van der Waals surface area (Å²) in [4.78, 5) is 4.25. The quantitative estimate of drug-likeness (QED) is 0.893. The third kappa shape index (κ3) is 2.15. The van der Waals surface area contributed by atoms with Gasteiger partial charge in [-0.3, -0.25) is 0 Å². The van der Waals surface area contributed by atoms with Gasteiger partial charge in [0.15, 0.2) is 0 Å². The molecule has 0 amide bonds. The molecule has 1 aliphatic rings. The molecule has 0 bridgehead atoms. The van der Waals surface area contributed by atoms with Gasteiger partial charge in [0.1, 0.15) is 12.4 Å². The van der Waals surface area contributed by atoms with E-state index in [1.54, 1.807) is 13.3 Å². The smallest absolute Gasteiger partial charge is 0.221 e. The van der Waals surface area contributed by atoms with Gasteiger partial charge in [-0.1, -0.05) is 12.1 Å². The molecule has 0 spiro atoms. The van der Waals surface area contributed by atoms with Gasteiger partial charge in [-0.15, -0.1) is 0 Å². The number of hydrogen-bond acceptors (Lipinski definition) is 4. The van der Waals surface area contributed by atoms with Crippen molar-refractivity contribution < 1.29 is 9.47 Å². The molecule has 2 N–H and O–H groups in total. The van der Waals surface area contributed by atoms with Crippen LogP contribution in [0.3, 0.4) is 0 Å². The monoisotopic (exact) mass is 256 g/mol. The topological polar surface area (TPSA) is 57.4 Å². The first kappa shape index (κ1) is 12.0. The summed E-state index contributed by atoms with van der Waals surface area (Å²) in [5.41, 5.74) is 9.18. The molecular weight excluding hydrogens is 240 g/mol. The minimum Gasteiger partial charge on any atom is -0.492 e. The van der Waals surface area contributed by atoms with Crippen LogP contribution in [0.5, 0.6) is 11.6 Å². The van der Waals surface area contributed by atoms with Crippen LogP contribution in [-0.4, -0.2) is 24.7 Å². The summed E-state index contributed by atoms with van der Waals surface area (Å²) in [6.45, 7) is 0.570. The minimum absolute atomic E-state index is 0.0383. The predicted octanol–water partition coefficient (Wildman–Crippen LogP) is 2.02. The lowest BCUT2D eigenvalue weighted by Gasteiger charge is -2.25. The maximum Gasteiger partial charge on any atom is 0.221 e. The molecule has 1 aliphatic heterocycles. The van der Waals surface area contributed by atoms with E-state index < -0.39 is 0 Å². The van der Waals surface area contributed by atoms with Crippen molar-refractivity contribution in [3.8, 4) is 22.8 Å². The van der Waals surface area contributed by atoms with Gasteiger partial charge in [-0.05, 0) is 30.2 Å². The third-order valence-corrected chi connectivity index (χ3v) is 3.31. The van der Waals surface area contributed by atoms with Crippen molar-refractivity contribution in [2.45, 2.75) is 12.5 Å². The van der Waals surface area contributed by atoms with Crippen LogP contribution in [0, 0.1) is 0 Å². The number of fused-ring (bicyclic) bond motifs is 1. The third-order valence-electron chi connectivity index (χ3n) is 3.31. The molecule has 1 aromatic carbocycles. The lowest BCUT2D eigenvalue weighted by atomic mass is 9.93. The van der Waals surface area contributed by atoms with Crippen LogP contribution < -0.4 is 15.2 Å². The fourth-order valence-electron chi connectivity index (χ4n) is 2.44. The van der Waals surface area contributed by atoms with E-state index >= 15 is 0 Å². The van der Waals surface area contributed by atoms with Gasteiger partial charge in [0.25, 0.3) is 0 Å². The predicted molar refractivity (Wildman–Crippen MR) is 73.4 cm³/mol. The summed E-state index contributed by atoms with van der Waals surface area (Å²) in [5, 5.41) is 0. The maximum atomic E-state index is 6.00. The molecule has 1 unspecified atom stereocenters. The highest BCUT2D eigenvalue weighted by molar-refractivity contribution is 5.74. The van der Waals surface area contributed by atoms with Gasteiger partial charge in [0, 0.05) is 23.4 Å². The van der Waals surface area contributed by atoms with Crippen molar-refractivity contribution in [3.05, 3.63) is 42.1 Å². The van der Waals surface area contributed by atoms with Crippen molar-refractivity contribution in [1.82, 2.24) is 4.98 Å². The van der Waals surface area contributed by atoms with Gasteiger partial charge < -0.3 is 15.2 Å². The molecule has 0 saturated heterocycles. The van der Waals surface area contributed by atoms with Crippen LogP contribution in [0.1, 0.15) is 5.56 Å². The van der Waals surface area contributed by atoms with Crippen LogP contribution in [0.15, 0.2) is 36.5 Å². The van der Waals surface area contributed by atoms with Crippen molar-refractivity contribution >= 4 is 0 Å². The molecule has 98 valence electrons. The zero-order valence-electron chi connectivity index (χ0n) is 10.8. The second-order valence-electron chi connectivity index (χ2n) is 4.62. The number of benzene rings is 1. The first-order valence-corrected chi connectivity index (χ1v) is 6.29. The second kappa shape index (κ2) is 4.90. The van der Waals surface area contributed by atoms with E-state index in [1.165, 1.54) is 0 Å². The largest absolute Gasteiger partial charge is 0.492 e. The average molecular weight is 256 g/mol. The van der Waals surface area contributed by atoms with Gasteiger partial charge in [-0.2, -0.15) is 0 Å². The number of ether oxygens (including phenoxy) is 2. The Labute approximate surface area is 112 Å². The summed E-state index contributed by atoms with van der Waals surface area (Å²) >= 11 is 0. The molecule has 3 rings (SSSR count). The van der Waals surface area contributed by atoms with Crippen molar-refractivity contribution in [2.24, 2.45) is 5.73 Å². The first-order valence-electron chi connectivity index (χ1n) is 6.29. The maximum absolute atomic E-state index is 6.00. The summed E-state index contributed by atoms with van der Waals surface area (Å²) in [7, 11) is 1.63. The van der Waals surface area contributed by atoms with Crippen molar-refractivity contribution in [1.29, 1.82) is 0 Å². The van der Waals surface area contributed by atoms with Crippen LogP contribution >= 0.6 is 0 Å². The van der Waals surface area contributed by atoms with Crippen LogP contribution in [0.4, 0.5) is 0 Å². The molecule has 0 radical (unpaired) electrons. The summed E-state index contributed by atoms with van der Waals surface area (Å²) in [5.74, 6) is 1.53. The molecule has 0 saturated carbocycles. The summed E-state index contributed by atoms with van der Waals surface area (Å²) in [6, 6.07) is 9.96. The Kier molecular flexibility index (Phi) is 3.09. The van der Waals surface area contributed by atoms with E-state index in [9.17, 15) is 0 Å². The van der Waals surface area contributed by atoms with Gasteiger partial charge in [0.05, 0.1) is 7.11 Å². The van der Waals surface area contributed by atoms with Gasteiger partial charge in [0.2, 0.25) is 5.88 Å². The molecule has 2 heterocycles. The van der Waals surface area contributed by atoms with E-state index in [1.807, 2.05) is 24.3 Å². The lowest BCUT2D eigenvalue weighted by molar-refractivity contribution is 0.264. The molecule has 4 heteroatoms. The number of methoxy groups -OCH3 is 1. The Morgan fingerprint density at radius 2 is 2.11 bits per heavy atom. The molecule has 1 aromatic heterocycles. The Balaban J connectivity index is 2.15. The number of aromatic nitrogens is 1. The van der Waals surface area contributed by atoms with Crippen LogP contribution in [0.25, 0.3) is 11.1 Å². The van der Waals surface area contributed by atoms with E-state index in [4.69, 9.17) is 15.2 Å². The van der Waals surface area contributed by atoms with E-state index in [0.717, 1.165) is 28.9 Å². The molecule has 4 nitrogen and oxygen atoms in total. The normalized spacial score (nSPS) is 17.5. The molecular formula is C15H16N2O2. The molecule has 19 heavy (non-hydrogen) atoms. The standard InChI is InChI=1S/C15H16N2O2/c1-18-15-12(5-3-7-17-15)11-4-2-6-14-13(11)8-10(16)9-19-14/h2-7,10H,8-9,16H2,1H3. The molecule has 2 aromatic rings. The number of nitrogens with two attached hydrogens (primary N) is 1. The average Bonchev–Trinajstić information content (AvgIpc) is 2.46. The zero-order chi connectivity index (χ0) is 13.2. The number of nitrogens with zero attached hydrogens (tertiary/aromatic N) is 1. The van der Waals surface area contributed by atoms with E-state index in [0.29, 0.717) is 12.5 Å². The SMILES string of the molecule is COc1ncccc1-c1cccc2c1CC(N)CO2. The highest BCUT2D eigenvalue weighted by atomic mass is 16.5. The Bertz CT molecular complexity index is 598. The van der Waals surface area contributed by atoms with Crippen molar-refractivity contribution in [2.75, 3.05) is 13.7 Å². The lowest BCUT2D eigenvalue weighted by Crippen LogP contribution is -2.34. The van der Waals surface area contributed by atoms with E-state index in [2.05, 4.69) is 11.1 Å². The van der Waals surface area contributed by atoms with Crippen molar-refractivity contribution in [3.63, 3.8) is 0 Å². The van der Waals surface area contributed by atoms with Crippen LogP contribution in [-0.2, 0) is 6.42 Å².